The lowest BCUT2D eigenvalue weighted by molar-refractivity contribution is -0.125. The Bertz CT molecular complexity index is 1110. The minimum atomic E-state index is -0.682. The zero-order valence-electron chi connectivity index (χ0n) is 17.5. The fourth-order valence-electron chi connectivity index (χ4n) is 2.86. The van der Waals surface area contributed by atoms with E-state index >= 15 is 0 Å². The molecule has 10 nitrogen and oxygen atoms in total. The maximum absolute atomic E-state index is 12.7. The lowest BCUT2D eigenvalue weighted by atomic mass is 10.1. The van der Waals surface area contributed by atoms with Crippen molar-refractivity contribution < 1.29 is 19.1 Å². The molecule has 0 unspecified atom stereocenters. The molecule has 1 saturated heterocycles. The highest BCUT2D eigenvalue weighted by molar-refractivity contribution is 6.54. The van der Waals surface area contributed by atoms with Crippen LogP contribution < -0.4 is 21.3 Å². The van der Waals surface area contributed by atoms with Gasteiger partial charge in [-0.25, -0.2) is 9.98 Å². The van der Waals surface area contributed by atoms with Crippen molar-refractivity contribution in [1.82, 2.24) is 4.98 Å². The van der Waals surface area contributed by atoms with Crippen LogP contribution in [0.4, 0.5) is 17.1 Å². The summed E-state index contributed by atoms with van der Waals surface area (Å²) in [6.07, 6.45) is 3.65. The van der Waals surface area contributed by atoms with E-state index in [4.69, 9.17) is 22.1 Å². The number of hydrogen-bond acceptors (Lipinski definition) is 7. The Morgan fingerprint density at radius 3 is 2.48 bits per heavy atom. The number of carbonyl (C=O) groups is 3. The number of morpholine rings is 1. The number of nitrogens with two attached hydrogens (primary N) is 1. The monoisotopic (exact) mass is 468 g/mol. The van der Waals surface area contributed by atoms with E-state index < -0.39 is 11.8 Å². The number of nitrogens with one attached hydrogen (secondary N) is 2. The average molecular weight is 469 g/mol. The van der Waals surface area contributed by atoms with Gasteiger partial charge in [-0.2, -0.15) is 0 Å². The molecule has 0 aliphatic carbocycles. The first-order valence-corrected chi connectivity index (χ1v) is 10.1. The van der Waals surface area contributed by atoms with Crippen molar-refractivity contribution in [3.8, 4) is 0 Å². The van der Waals surface area contributed by atoms with Crippen molar-refractivity contribution in [2.75, 3.05) is 35.3 Å². The summed E-state index contributed by atoms with van der Waals surface area (Å²) >= 11 is 5.75. The number of benzene rings is 1. The Kier molecular flexibility index (Phi) is 7.90. The predicted octanol–water partition coefficient (Wildman–Crippen LogP) is 2.10. The molecule has 2 aromatic rings. The molecule has 1 aliphatic rings. The number of rotatable bonds is 7. The van der Waals surface area contributed by atoms with Gasteiger partial charge in [0.2, 0.25) is 0 Å². The van der Waals surface area contributed by atoms with Crippen LogP contribution in [0.1, 0.15) is 0 Å². The summed E-state index contributed by atoms with van der Waals surface area (Å²) in [5, 5.41) is 5.49. The molecule has 170 valence electrons. The second-order valence-electron chi connectivity index (χ2n) is 6.72. The lowest BCUT2D eigenvalue weighted by Crippen LogP contribution is -2.41. The van der Waals surface area contributed by atoms with Gasteiger partial charge in [0.15, 0.2) is 0 Å². The van der Waals surface area contributed by atoms with Gasteiger partial charge in [0, 0.05) is 30.3 Å². The molecule has 3 rings (SSSR count). The molecule has 1 fully saturated rings. The van der Waals surface area contributed by atoms with Crippen LogP contribution in [0.25, 0.3) is 0 Å². The van der Waals surface area contributed by atoms with Crippen LogP contribution in [-0.2, 0) is 19.1 Å². The average Bonchev–Trinajstić information content (AvgIpc) is 2.81. The third kappa shape index (κ3) is 6.25. The van der Waals surface area contributed by atoms with Crippen LogP contribution in [-0.4, -0.2) is 48.2 Å². The Hall–Kier alpha value is -4.02. The third-order valence-electron chi connectivity index (χ3n) is 4.47. The number of carbonyl (C=O) groups excluding carboxylic acids is 3. The molecule has 2 heterocycles. The molecule has 3 amide bonds. The Morgan fingerprint density at radius 2 is 1.85 bits per heavy atom. The number of pyridine rings is 1. The molecule has 11 heteroatoms. The topological polar surface area (TPSA) is 139 Å². The number of aliphatic imine (C=N–C) groups is 1. The van der Waals surface area contributed by atoms with Crippen molar-refractivity contribution in [1.29, 1.82) is 0 Å². The Balaban J connectivity index is 1.69. The molecule has 0 radical (unpaired) electrons. The van der Waals surface area contributed by atoms with E-state index in [9.17, 15) is 14.4 Å². The zero-order chi connectivity index (χ0) is 23.8. The highest BCUT2D eigenvalue weighted by Gasteiger charge is 2.22. The molecule has 33 heavy (non-hydrogen) atoms. The van der Waals surface area contributed by atoms with E-state index in [2.05, 4.69) is 27.2 Å². The Morgan fingerprint density at radius 1 is 1.15 bits per heavy atom. The second kappa shape index (κ2) is 11.0. The highest BCUT2D eigenvalue weighted by Crippen LogP contribution is 2.20. The van der Waals surface area contributed by atoms with Gasteiger partial charge in [-0.1, -0.05) is 18.2 Å². The summed E-state index contributed by atoms with van der Waals surface area (Å²) in [7, 11) is 0. The van der Waals surface area contributed by atoms with E-state index in [1.54, 1.807) is 35.2 Å². The third-order valence-corrected chi connectivity index (χ3v) is 4.70. The van der Waals surface area contributed by atoms with Gasteiger partial charge in [-0.15, -0.1) is 0 Å². The van der Waals surface area contributed by atoms with E-state index in [-0.39, 0.29) is 29.0 Å². The number of ether oxygens (including phenoxy) is 1. The normalized spacial score (nSPS) is 14.3. The van der Waals surface area contributed by atoms with E-state index in [1.165, 1.54) is 18.5 Å². The number of anilines is 3. The van der Waals surface area contributed by atoms with Gasteiger partial charge >= 0.3 is 0 Å². The first-order valence-electron chi connectivity index (χ1n) is 9.75. The van der Waals surface area contributed by atoms with E-state index in [0.29, 0.717) is 30.2 Å². The summed E-state index contributed by atoms with van der Waals surface area (Å²) in [5.74, 6) is -1.46. The van der Waals surface area contributed by atoms with Gasteiger partial charge in [0.25, 0.3) is 17.7 Å². The maximum atomic E-state index is 12.7. The first kappa shape index (κ1) is 23.6. The molecule has 1 aromatic carbocycles. The highest BCUT2D eigenvalue weighted by atomic mass is 35.5. The van der Waals surface area contributed by atoms with Crippen molar-refractivity contribution in [3.05, 3.63) is 72.3 Å². The minimum absolute atomic E-state index is 0.0335. The fraction of sp³-hybridized carbons (Fsp3) is 0.136. The van der Waals surface area contributed by atoms with Gasteiger partial charge in [-0.3, -0.25) is 14.4 Å². The van der Waals surface area contributed by atoms with Crippen LogP contribution in [0.2, 0.25) is 5.15 Å². The van der Waals surface area contributed by atoms with Crippen molar-refractivity contribution in [3.63, 3.8) is 0 Å². The van der Waals surface area contributed by atoms with Gasteiger partial charge < -0.3 is 26.0 Å². The maximum Gasteiger partial charge on any atom is 0.275 e. The predicted molar refractivity (Wildman–Crippen MR) is 126 cm³/mol. The molecule has 0 saturated carbocycles. The standard InChI is InChI=1S/C22H21ClN6O4/c1-14(20(25-9-8-24)22(32)28-16-4-7-18(23)26-12-16)21(31)27-15-2-5-17(6-3-15)29-10-11-33-13-19(29)30/h2-9,12H,1,10-11,13,24H2,(H,27,31)(H,28,32)/b9-8-,25-20?. The molecule has 4 N–H and O–H groups in total. The van der Waals surface area contributed by atoms with Crippen molar-refractivity contribution in [2.24, 2.45) is 10.7 Å². The second-order valence-corrected chi connectivity index (χ2v) is 7.11. The quantitative estimate of drug-likeness (QED) is 0.323. The minimum Gasteiger partial charge on any atom is -0.403 e. The van der Waals surface area contributed by atoms with Crippen LogP contribution in [0.3, 0.4) is 0 Å². The van der Waals surface area contributed by atoms with Crippen LogP contribution in [0, 0.1) is 0 Å². The first-order chi connectivity index (χ1) is 15.9. The number of hydrogen-bond donors (Lipinski definition) is 3. The van der Waals surface area contributed by atoms with Crippen molar-refractivity contribution >= 4 is 52.1 Å². The summed E-state index contributed by atoms with van der Waals surface area (Å²) in [5.41, 5.74) is 6.39. The van der Waals surface area contributed by atoms with Crippen molar-refractivity contribution in [2.45, 2.75) is 0 Å². The zero-order valence-corrected chi connectivity index (χ0v) is 18.2. The molecular formula is C22H21ClN6O4. The molecule has 1 aromatic heterocycles. The molecule has 0 bridgehead atoms. The largest absolute Gasteiger partial charge is 0.403 e. The smallest absolute Gasteiger partial charge is 0.275 e. The fourth-order valence-corrected chi connectivity index (χ4v) is 2.97. The number of halogens is 1. The molecule has 0 spiro atoms. The lowest BCUT2D eigenvalue weighted by Gasteiger charge is -2.26. The summed E-state index contributed by atoms with van der Waals surface area (Å²) in [6, 6.07) is 9.73. The molecular weight excluding hydrogens is 448 g/mol. The van der Waals surface area contributed by atoms with E-state index in [1.807, 2.05) is 0 Å². The molecule has 0 atom stereocenters. The Labute approximate surface area is 194 Å². The van der Waals surface area contributed by atoms with Crippen LogP contribution in [0.15, 0.2) is 72.1 Å². The van der Waals surface area contributed by atoms with E-state index in [0.717, 1.165) is 6.20 Å². The number of amides is 3. The SMILES string of the molecule is C=C(C(=O)Nc1ccc(N2CCOCC2=O)cc1)C(=N/C=C\N)C(=O)Nc1ccc(Cl)nc1. The summed E-state index contributed by atoms with van der Waals surface area (Å²) < 4.78 is 5.12. The number of nitrogens with zero attached hydrogens (tertiary/aromatic N) is 3. The van der Waals surface area contributed by atoms with Gasteiger partial charge in [0.1, 0.15) is 17.5 Å². The van der Waals surface area contributed by atoms with Crippen LogP contribution in [0.5, 0.6) is 0 Å². The van der Waals surface area contributed by atoms with Gasteiger partial charge in [0.05, 0.1) is 24.1 Å². The summed E-state index contributed by atoms with van der Waals surface area (Å²) in [6.45, 7) is 4.64. The molecule has 1 aliphatic heterocycles. The number of aromatic nitrogens is 1. The van der Waals surface area contributed by atoms with Gasteiger partial charge in [-0.05, 0) is 36.4 Å². The van der Waals surface area contributed by atoms with Crippen LogP contribution >= 0.6 is 11.6 Å². The summed E-state index contributed by atoms with van der Waals surface area (Å²) in [4.78, 5) is 46.8.